The molecule has 0 saturated heterocycles. The lowest BCUT2D eigenvalue weighted by Crippen LogP contribution is -2.13. The summed E-state index contributed by atoms with van der Waals surface area (Å²) in [6.07, 6.45) is 1.55. The third-order valence-corrected chi connectivity index (χ3v) is 4.98. The summed E-state index contributed by atoms with van der Waals surface area (Å²) in [6.45, 7) is 0. The molecule has 4 aromatic rings. The lowest BCUT2D eigenvalue weighted by molar-refractivity contribution is -0.385. The van der Waals surface area contributed by atoms with Gasteiger partial charge >= 0.3 is 0 Å². The number of nitrogens with one attached hydrogen (secondary N) is 2. The van der Waals surface area contributed by atoms with Gasteiger partial charge in [0.2, 0.25) is 0 Å². The fourth-order valence-electron chi connectivity index (χ4n) is 2.82. The van der Waals surface area contributed by atoms with E-state index in [1.54, 1.807) is 11.6 Å². The summed E-state index contributed by atoms with van der Waals surface area (Å²) in [5, 5.41) is 26.6. The highest BCUT2D eigenvalue weighted by molar-refractivity contribution is 7.13. The van der Waals surface area contributed by atoms with Gasteiger partial charge in [-0.1, -0.05) is 0 Å². The Morgan fingerprint density at radius 2 is 1.52 bits per heavy atom. The van der Waals surface area contributed by atoms with Crippen LogP contribution in [-0.4, -0.2) is 30.7 Å². The molecule has 0 atom stereocenters. The Morgan fingerprint density at radius 3 is 2.03 bits per heavy atom. The van der Waals surface area contributed by atoms with Gasteiger partial charge in [-0.3, -0.25) is 30.3 Å². The number of aromatic amines is 1. The molecule has 0 unspecified atom stereocenters. The predicted molar refractivity (Wildman–Crippen MR) is 113 cm³/mol. The average Bonchev–Trinajstić information content (AvgIpc) is 3.44. The van der Waals surface area contributed by atoms with E-state index in [1.165, 1.54) is 59.9 Å². The van der Waals surface area contributed by atoms with Crippen molar-refractivity contribution in [1.29, 1.82) is 0 Å². The smallest absolute Gasteiger partial charge is 0.278 e. The number of carbonyl (C=O) groups excluding carboxylic acids is 1. The fourth-order valence-corrected chi connectivity index (χ4v) is 3.34. The number of imidazole rings is 1. The highest BCUT2D eigenvalue weighted by atomic mass is 32.1. The molecule has 0 aliphatic carbocycles. The second kappa shape index (κ2) is 8.12. The van der Waals surface area contributed by atoms with Crippen molar-refractivity contribution in [2.45, 2.75) is 0 Å². The number of amides is 1. The number of nitro benzene ring substituents is 2. The first kappa shape index (κ1) is 19.8. The molecule has 0 spiro atoms. The lowest BCUT2D eigenvalue weighted by Gasteiger charge is -2.03. The Bertz CT molecular complexity index is 1270. The molecule has 31 heavy (non-hydrogen) atoms. The van der Waals surface area contributed by atoms with Gasteiger partial charge in [0.1, 0.15) is 5.82 Å². The van der Waals surface area contributed by atoms with E-state index in [1.807, 2.05) is 0 Å². The van der Waals surface area contributed by atoms with Gasteiger partial charge in [-0.25, -0.2) is 9.97 Å². The zero-order valence-electron chi connectivity index (χ0n) is 15.5. The first-order chi connectivity index (χ1) is 14.9. The van der Waals surface area contributed by atoms with Crippen LogP contribution >= 0.6 is 11.3 Å². The van der Waals surface area contributed by atoms with Crippen molar-refractivity contribution in [3.8, 4) is 22.6 Å². The second-order valence-electron chi connectivity index (χ2n) is 6.21. The maximum atomic E-state index is 12.8. The van der Waals surface area contributed by atoms with E-state index in [9.17, 15) is 25.0 Å². The van der Waals surface area contributed by atoms with E-state index >= 15 is 0 Å². The predicted octanol–water partition coefficient (Wildman–Crippen LogP) is 4.27. The molecule has 0 radical (unpaired) electrons. The van der Waals surface area contributed by atoms with Crippen LogP contribution in [0, 0.1) is 20.2 Å². The highest BCUT2D eigenvalue weighted by Crippen LogP contribution is 2.29. The molecular formula is C19H12N6O5S. The molecule has 2 heterocycles. The molecule has 0 aliphatic rings. The number of nitro groups is 2. The molecule has 2 aromatic carbocycles. The van der Waals surface area contributed by atoms with Crippen LogP contribution in [0.3, 0.4) is 0 Å². The van der Waals surface area contributed by atoms with Crippen molar-refractivity contribution in [2.75, 3.05) is 5.32 Å². The summed E-state index contributed by atoms with van der Waals surface area (Å²) in [4.78, 5) is 45.1. The Morgan fingerprint density at radius 1 is 0.935 bits per heavy atom. The number of carbonyl (C=O) groups is 1. The summed E-state index contributed by atoms with van der Waals surface area (Å²) in [5.74, 6) is -0.208. The zero-order chi connectivity index (χ0) is 22.0. The third kappa shape index (κ3) is 4.13. The van der Waals surface area contributed by atoms with Crippen molar-refractivity contribution in [1.82, 2.24) is 15.0 Å². The van der Waals surface area contributed by atoms with Gasteiger partial charge in [0.05, 0.1) is 15.5 Å². The summed E-state index contributed by atoms with van der Waals surface area (Å²) in [5.41, 5.74) is 1.27. The third-order valence-electron chi connectivity index (χ3n) is 4.29. The van der Waals surface area contributed by atoms with E-state index < -0.39 is 15.8 Å². The van der Waals surface area contributed by atoms with Gasteiger partial charge in [-0.05, 0) is 24.3 Å². The number of hydrogen-bond donors (Lipinski definition) is 2. The first-order valence-corrected chi connectivity index (χ1v) is 9.61. The molecule has 1 amide bonds. The number of hydrogen-bond acceptors (Lipinski definition) is 8. The number of benzene rings is 2. The maximum Gasteiger partial charge on any atom is 0.278 e. The molecule has 2 N–H and O–H groups in total. The van der Waals surface area contributed by atoms with Crippen LogP contribution in [0.4, 0.5) is 16.5 Å². The molecule has 154 valence electrons. The first-order valence-electron chi connectivity index (χ1n) is 8.73. The second-order valence-corrected chi connectivity index (χ2v) is 7.10. The Kier molecular flexibility index (Phi) is 5.20. The monoisotopic (exact) mass is 436 g/mol. The van der Waals surface area contributed by atoms with Crippen molar-refractivity contribution in [2.24, 2.45) is 0 Å². The van der Waals surface area contributed by atoms with E-state index in [0.717, 1.165) is 0 Å². The Hall–Kier alpha value is -4.45. The summed E-state index contributed by atoms with van der Waals surface area (Å²) in [6, 6.07) is 11.3. The number of rotatable bonds is 6. The van der Waals surface area contributed by atoms with E-state index in [0.29, 0.717) is 27.8 Å². The number of H-pyrrole nitrogens is 1. The maximum absolute atomic E-state index is 12.8. The van der Waals surface area contributed by atoms with Crippen LogP contribution in [0.5, 0.6) is 0 Å². The van der Waals surface area contributed by atoms with Crippen molar-refractivity contribution >= 4 is 33.8 Å². The quantitative estimate of drug-likeness (QED) is 0.337. The van der Waals surface area contributed by atoms with Crippen LogP contribution in [0.25, 0.3) is 22.6 Å². The molecule has 0 bridgehead atoms. The number of aromatic nitrogens is 3. The minimum atomic E-state index is -0.521. The van der Waals surface area contributed by atoms with Gasteiger partial charge in [-0.2, -0.15) is 0 Å². The molecule has 2 aromatic heterocycles. The van der Waals surface area contributed by atoms with Gasteiger partial charge in [0.15, 0.2) is 10.8 Å². The highest BCUT2D eigenvalue weighted by Gasteiger charge is 2.21. The topological polar surface area (TPSA) is 157 Å². The summed E-state index contributed by atoms with van der Waals surface area (Å²) >= 11 is 1.24. The fraction of sp³-hybridized carbons (Fsp3) is 0. The minimum absolute atomic E-state index is 0.0532. The van der Waals surface area contributed by atoms with Crippen LogP contribution in [-0.2, 0) is 0 Å². The number of anilines is 1. The molecular weight excluding hydrogens is 424 g/mol. The molecule has 0 fully saturated rings. The van der Waals surface area contributed by atoms with Crippen LogP contribution in [0.15, 0.2) is 60.1 Å². The summed E-state index contributed by atoms with van der Waals surface area (Å²) < 4.78 is 0. The van der Waals surface area contributed by atoms with Gasteiger partial charge in [-0.15, -0.1) is 11.3 Å². The van der Waals surface area contributed by atoms with E-state index in [4.69, 9.17) is 0 Å². The largest absolute Gasteiger partial charge is 0.337 e. The Balaban J connectivity index is 1.76. The van der Waals surface area contributed by atoms with Crippen molar-refractivity contribution < 1.29 is 14.6 Å². The molecule has 12 heteroatoms. The van der Waals surface area contributed by atoms with Crippen molar-refractivity contribution in [3.63, 3.8) is 0 Å². The molecule has 0 saturated carbocycles. The van der Waals surface area contributed by atoms with Crippen molar-refractivity contribution in [3.05, 3.63) is 86.0 Å². The summed E-state index contributed by atoms with van der Waals surface area (Å²) in [7, 11) is 0. The number of thiazole rings is 1. The SMILES string of the molecule is O=C(Nc1nccs1)c1nc(-c2ccc([N+](=O)[O-])cc2)[nH]c1-c1ccc([N+](=O)[O-])cc1. The number of non-ortho nitro benzene ring substituents is 2. The molecule has 0 aliphatic heterocycles. The average molecular weight is 436 g/mol. The normalized spacial score (nSPS) is 10.6. The zero-order valence-corrected chi connectivity index (χ0v) is 16.3. The van der Waals surface area contributed by atoms with Gasteiger partial charge in [0, 0.05) is 47.0 Å². The van der Waals surface area contributed by atoms with Crippen LogP contribution < -0.4 is 5.32 Å². The Labute approximate surface area is 177 Å². The van der Waals surface area contributed by atoms with Crippen LogP contribution in [0.2, 0.25) is 0 Å². The lowest BCUT2D eigenvalue weighted by atomic mass is 10.1. The van der Waals surface area contributed by atoms with Gasteiger partial charge in [0.25, 0.3) is 17.3 Å². The minimum Gasteiger partial charge on any atom is -0.337 e. The van der Waals surface area contributed by atoms with E-state index in [2.05, 4.69) is 20.3 Å². The molecule has 4 rings (SSSR count). The molecule has 11 nitrogen and oxygen atoms in total. The van der Waals surface area contributed by atoms with Gasteiger partial charge < -0.3 is 4.98 Å². The standard InChI is InChI=1S/C19H12N6O5S/c26-18(23-19-20-9-10-31-19)16-15(11-1-5-13(6-2-11)24(27)28)21-17(22-16)12-3-7-14(8-4-12)25(29)30/h1-10H,(H,21,22)(H,20,23,26). The number of nitrogens with zero attached hydrogens (tertiary/aromatic N) is 4. The van der Waals surface area contributed by atoms with Crippen LogP contribution in [0.1, 0.15) is 10.5 Å². The van der Waals surface area contributed by atoms with E-state index in [-0.39, 0.29) is 17.1 Å².